The minimum Gasteiger partial charge on any atom is -0.386 e. The molecule has 2 saturated heterocycles. The summed E-state index contributed by atoms with van der Waals surface area (Å²) in [4.78, 5) is 34.8. The minimum atomic E-state index is -1.42. The van der Waals surface area contributed by atoms with Gasteiger partial charge in [0.1, 0.15) is 30.0 Å². The number of nitrogens with zero attached hydrogens (tertiary/aromatic N) is 2. The number of aromatic amines is 1. The van der Waals surface area contributed by atoms with Crippen LogP contribution in [0.25, 0.3) is 10.9 Å². The number of nitrogens with one attached hydrogen (secondary N) is 2. The molecule has 4 aliphatic heterocycles. The summed E-state index contributed by atoms with van der Waals surface area (Å²) < 4.78 is 0. The van der Waals surface area contributed by atoms with Gasteiger partial charge in [-0.15, -0.1) is 0 Å². The van der Waals surface area contributed by atoms with Crippen molar-refractivity contribution in [1.82, 2.24) is 14.8 Å². The number of H-pyrrole nitrogens is 1. The monoisotopic (exact) mass is 538 g/mol. The number of aliphatic hydroxyl groups excluding tert-OH is 1. The molecule has 3 aromatic rings. The van der Waals surface area contributed by atoms with E-state index in [4.69, 9.17) is 0 Å². The molecule has 4 N–H and O–H groups in total. The van der Waals surface area contributed by atoms with Crippen LogP contribution in [0.3, 0.4) is 0 Å². The molecular weight excluding hydrogens is 504 g/mol. The number of carbonyl (C=O) groups excluding carboxylic acids is 2. The molecule has 8 heteroatoms. The average molecular weight is 539 g/mol. The Morgan fingerprint density at radius 3 is 2.65 bits per heavy atom. The third kappa shape index (κ3) is 3.26. The Bertz CT molecular complexity index is 1650. The largest absolute Gasteiger partial charge is 0.386 e. The van der Waals surface area contributed by atoms with E-state index in [-0.39, 0.29) is 18.2 Å². The van der Waals surface area contributed by atoms with E-state index >= 15 is 0 Å². The lowest BCUT2D eigenvalue weighted by molar-refractivity contribution is -0.163. The fraction of sp³-hybridized carbons (Fsp3) is 0.375. The van der Waals surface area contributed by atoms with Crippen LogP contribution >= 0.6 is 0 Å². The van der Waals surface area contributed by atoms with Gasteiger partial charge < -0.3 is 30.3 Å². The summed E-state index contributed by atoms with van der Waals surface area (Å²) >= 11 is 0. The van der Waals surface area contributed by atoms with Crippen molar-refractivity contribution in [2.45, 2.75) is 75.9 Å². The van der Waals surface area contributed by atoms with Gasteiger partial charge in [-0.2, -0.15) is 0 Å². The Kier molecular flexibility index (Phi) is 5.22. The maximum Gasteiger partial charge on any atom is 0.251 e. The molecule has 7 rings (SSSR count). The summed E-state index contributed by atoms with van der Waals surface area (Å²) in [5, 5.41) is 28.3. The lowest BCUT2D eigenvalue weighted by Crippen LogP contribution is -2.65. The van der Waals surface area contributed by atoms with Crippen molar-refractivity contribution >= 4 is 28.4 Å². The van der Waals surface area contributed by atoms with E-state index in [0.29, 0.717) is 17.5 Å². The third-order valence-corrected chi connectivity index (χ3v) is 9.18. The van der Waals surface area contributed by atoms with Gasteiger partial charge in [0, 0.05) is 51.4 Å². The number of carbonyl (C=O) groups is 2. The predicted octanol–water partition coefficient (Wildman–Crippen LogP) is 3.97. The molecule has 206 valence electrons. The number of anilines is 1. The number of fused-ring (bicyclic) bond motifs is 9. The van der Waals surface area contributed by atoms with Crippen molar-refractivity contribution in [2.75, 3.05) is 5.32 Å². The maximum absolute atomic E-state index is 14.4. The fourth-order valence-corrected chi connectivity index (χ4v) is 7.12. The minimum absolute atomic E-state index is 0.0865. The van der Waals surface area contributed by atoms with E-state index in [1.807, 2.05) is 76.2 Å². The number of aromatic nitrogens is 1. The maximum atomic E-state index is 14.4. The molecule has 40 heavy (non-hydrogen) atoms. The molecule has 0 radical (unpaired) electrons. The van der Waals surface area contributed by atoms with Crippen LogP contribution in [0.1, 0.15) is 62.6 Å². The molecule has 8 nitrogen and oxygen atoms in total. The molecule has 2 aromatic carbocycles. The number of rotatable bonds is 2. The van der Waals surface area contributed by atoms with Crippen molar-refractivity contribution in [3.05, 3.63) is 88.8 Å². The highest BCUT2D eigenvalue weighted by molar-refractivity contribution is 6.00. The van der Waals surface area contributed by atoms with Gasteiger partial charge in [0.25, 0.3) is 5.91 Å². The van der Waals surface area contributed by atoms with Crippen LogP contribution in [-0.4, -0.2) is 55.1 Å². The Morgan fingerprint density at radius 2 is 1.88 bits per heavy atom. The van der Waals surface area contributed by atoms with Gasteiger partial charge in [-0.3, -0.25) is 9.59 Å². The zero-order valence-electron chi connectivity index (χ0n) is 23.1. The SMILES string of the molecule is CC(C)=CCc1cccc2c1N[C@@H]1N3C(=O)[C@@H]4[C@@H](O)c5c([nH]c6ccccc56)C(C)(C)C=CN4C(=O)[C@@H]3C[C@]21O. The first-order chi connectivity index (χ1) is 19.0. The van der Waals surface area contributed by atoms with E-state index in [1.165, 1.54) is 15.4 Å². The number of para-hydroxylation sites is 2. The van der Waals surface area contributed by atoms with E-state index < -0.39 is 35.4 Å². The molecule has 5 atom stereocenters. The van der Waals surface area contributed by atoms with Crippen molar-refractivity contribution in [3.63, 3.8) is 0 Å². The molecule has 0 unspecified atom stereocenters. The van der Waals surface area contributed by atoms with E-state index in [2.05, 4.69) is 16.4 Å². The fourth-order valence-electron chi connectivity index (χ4n) is 7.12. The van der Waals surface area contributed by atoms with Crippen LogP contribution in [0.5, 0.6) is 0 Å². The highest BCUT2D eigenvalue weighted by Crippen LogP contribution is 2.53. The third-order valence-electron chi connectivity index (χ3n) is 9.18. The van der Waals surface area contributed by atoms with Gasteiger partial charge in [0.05, 0.1) is 0 Å². The molecule has 2 amide bonds. The van der Waals surface area contributed by atoms with Gasteiger partial charge in [0.2, 0.25) is 5.91 Å². The number of benzene rings is 2. The Balaban J connectivity index is 1.34. The summed E-state index contributed by atoms with van der Waals surface area (Å²) in [6.45, 7) is 8.12. The molecule has 2 fully saturated rings. The van der Waals surface area contributed by atoms with Crippen LogP contribution in [0, 0.1) is 0 Å². The van der Waals surface area contributed by atoms with Gasteiger partial charge in [-0.25, -0.2) is 0 Å². The Morgan fingerprint density at radius 1 is 1.10 bits per heavy atom. The topological polar surface area (TPSA) is 109 Å². The second-order valence-corrected chi connectivity index (χ2v) is 12.4. The molecule has 1 aromatic heterocycles. The second-order valence-electron chi connectivity index (χ2n) is 12.4. The van der Waals surface area contributed by atoms with Crippen LogP contribution in [0.2, 0.25) is 0 Å². The van der Waals surface area contributed by atoms with Crippen molar-refractivity contribution in [1.29, 1.82) is 0 Å². The first-order valence-corrected chi connectivity index (χ1v) is 13.9. The summed E-state index contributed by atoms with van der Waals surface area (Å²) in [5.41, 5.74) is 4.07. The van der Waals surface area contributed by atoms with Crippen molar-refractivity contribution in [2.24, 2.45) is 0 Å². The molecule has 4 aliphatic rings. The molecule has 0 aliphatic carbocycles. The van der Waals surface area contributed by atoms with Crippen molar-refractivity contribution in [3.8, 4) is 0 Å². The first kappa shape index (κ1) is 25.1. The van der Waals surface area contributed by atoms with Gasteiger partial charge >= 0.3 is 0 Å². The van der Waals surface area contributed by atoms with E-state index in [0.717, 1.165) is 27.8 Å². The smallest absolute Gasteiger partial charge is 0.251 e. The van der Waals surface area contributed by atoms with E-state index in [1.54, 1.807) is 6.20 Å². The van der Waals surface area contributed by atoms with E-state index in [9.17, 15) is 19.8 Å². The quantitative estimate of drug-likeness (QED) is 0.370. The molecule has 0 saturated carbocycles. The predicted molar refractivity (Wildman–Crippen MR) is 152 cm³/mol. The van der Waals surface area contributed by atoms with Gasteiger partial charge in [-0.1, -0.05) is 68.0 Å². The summed E-state index contributed by atoms with van der Waals surface area (Å²) in [6, 6.07) is 11.5. The van der Waals surface area contributed by atoms with Crippen molar-refractivity contribution < 1.29 is 19.8 Å². The highest BCUT2D eigenvalue weighted by atomic mass is 16.3. The second kappa shape index (κ2) is 8.32. The number of allylic oxidation sites excluding steroid dienone is 3. The normalized spacial score (nSPS) is 29.6. The number of hydrogen-bond donors (Lipinski definition) is 4. The van der Waals surface area contributed by atoms with Crippen LogP contribution in [0.4, 0.5) is 5.69 Å². The number of piperazine rings is 1. The van der Waals surface area contributed by atoms with Crippen LogP contribution in [0.15, 0.2) is 66.4 Å². The highest BCUT2D eigenvalue weighted by Gasteiger charge is 2.65. The lowest BCUT2D eigenvalue weighted by atomic mass is 9.81. The number of aliphatic hydroxyl groups is 2. The molecule has 0 spiro atoms. The standard InChI is InChI=1S/C32H34N4O4/c1-17(2)12-13-18-8-7-10-20-24(18)34-30-32(20,40)16-22-28(38)35-15-14-31(3,4)27-23(19-9-5-6-11-21(19)33-27)26(37)25(35)29(39)36(22)30/h5-12,14-15,22,25-26,30,33-34,37,40H,13,16H2,1-4H3/t22-,25-,26-,30+,32-/m0/s1. The van der Waals surface area contributed by atoms with Crippen LogP contribution in [-0.2, 0) is 27.0 Å². The number of amides is 2. The lowest BCUT2D eigenvalue weighted by Gasteiger charge is -2.45. The summed E-state index contributed by atoms with van der Waals surface area (Å²) in [7, 11) is 0. The zero-order valence-corrected chi connectivity index (χ0v) is 23.1. The summed E-state index contributed by atoms with van der Waals surface area (Å²) in [5.74, 6) is -0.685. The van der Waals surface area contributed by atoms with Gasteiger partial charge in [-0.05, 0) is 31.9 Å². The summed E-state index contributed by atoms with van der Waals surface area (Å²) in [6.07, 6.45) is 4.40. The Hall–Kier alpha value is -3.88. The van der Waals surface area contributed by atoms with Gasteiger partial charge in [0.15, 0.2) is 0 Å². The molecular formula is C32H34N4O4. The Labute approximate surface area is 233 Å². The molecule has 5 heterocycles. The zero-order chi connectivity index (χ0) is 28.1. The first-order valence-electron chi connectivity index (χ1n) is 13.9. The average Bonchev–Trinajstić information content (AvgIpc) is 3.54. The van der Waals surface area contributed by atoms with Crippen LogP contribution < -0.4 is 5.32 Å². The number of hydrogen-bond acceptors (Lipinski definition) is 5. The molecule has 0 bridgehead atoms.